The highest BCUT2D eigenvalue weighted by Crippen LogP contribution is 2.62. The van der Waals surface area contributed by atoms with Crippen LogP contribution in [0.2, 0.25) is 0 Å². The van der Waals surface area contributed by atoms with Gasteiger partial charge in [-0.3, -0.25) is 19.3 Å². The number of fused-ring (bicyclic) bond motifs is 1. The van der Waals surface area contributed by atoms with Gasteiger partial charge in [0.2, 0.25) is 5.88 Å². The normalized spacial score (nSPS) is 22.2. The van der Waals surface area contributed by atoms with Gasteiger partial charge in [-0.25, -0.2) is 4.98 Å². The minimum Gasteiger partial charge on any atom is -0.481 e. The lowest BCUT2D eigenvalue weighted by Crippen LogP contribution is -2.50. The molecule has 6 rings (SSSR count). The third-order valence-electron chi connectivity index (χ3n) is 8.31. The number of aryl methyl sites for hydroxylation is 1. The molecule has 3 aromatic heterocycles. The van der Waals surface area contributed by atoms with E-state index in [1.807, 2.05) is 41.9 Å². The highest BCUT2D eigenvalue weighted by atomic mass is 16.5. The minimum atomic E-state index is -0.692. The van der Waals surface area contributed by atoms with Crippen molar-refractivity contribution in [3.05, 3.63) is 71.7 Å². The van der Waals surface area contributed by atoms with Crippen molar-refractivity contribution in [2.24, 2.45) is 17.3 Å². The highest BCUT2D eigenvalue weighted by molar-refractivity contribution is 6.07. The van der Waals surface area contributed by atoms with E-state index in [-0.39, 0.29) is 17.1 Å². The number of carbonyl (C=O) groups excluding carboxylic acids is 1. The van der Waals surface area contributed by atoms with Crippen molar-refractivity contribution in [2.45, 2.75) is 45.6 Å². The van der Waals surface area contributed by atoms with Crippen LogP contribution in [0.1, 0.15) is 53.7 Å². The predicted molar refractivity (Wildman–Crippen MR) is 142 cm³/mol. The number of carbonyl (C=O) groups is 2. The summed E-state index contributed by atoms with van der Waals surface area (Å²) in [5, 5.41) is 14.7. The molecule has 4 aromatic rings. The van der Waals surface area contributed by atoms with E-state index < -0.39 is 5.97 Å². The zero-order valence-corrected chi connectivity index (χ0v) is 21.6. The molecule has 3 heterocycles. The number of methoxy groups -OCH3 is 1. The fraction of sp³-hybridized carbons (Fsp3) is 0.367. The maximum absolute atomic E-state index is 13.4. The van der Waals surface area contributed by atoms with Gasteiger partial charge in [0.15, 0.2) is 5.78 Å². The van der Waals surface area contributed by atoms with Gasteiger partial charge in [-0.15, -0.1) is 0 Å². The smallest absolute Gasteiger partial charge is 0.306 e. The van der Waals surface area contributed by atoms with Crippen molar-refractivity contribution < 1.29 is 19.4 Å². The number of nitrogens with zero attached hydrogens (tertiary/aromatic N) is 4. The van der Waals surface area contributed by atoms with Crippen molar-refractivity contribution in [2.75, 3.05) is 7.11 Å². The summed E-state index contributed by atoms with van der Waals surface area (Å²) in [5.41, 5.74) is 5.33. The molecule has 0 aliphatic heterocycles. The monoisotopic (exact) mass is 510 g/mol. The van der Waals surface area contributed by atoms with E-state index in [9.17, 15) is 14.7 Å². The van der Waals surface area contributed by atoms with Crippen LogP contribution in [0.5, 0.6) is 5.88 Å². The molecule has 0 unspecified atom stereocenters. The molecular formula is C30H30N4O4. The molecule has 0 atom stereocenters. The standard InChI is InChI=1S/C30H30N4O4/c1-18-23-16-32-34(17-19-6-8-21(9-7-19)25-4-3-5-27(33-25)38-2)28(23)24(15-31-18)26(35)10-20-11-30(12-20)13-22(14-30)29(36)37/h3-9,15-16,20,22H,10-14,17H2,1-2H3,(H,36,37). The molecule has 194 valence electrons. The Balaban J connectivity index is 1.19. The Kier molecular flexibility index (Phi) is 5.97. The van der Waals surface area contributed by atoms with E-state index in [0.29, 0.717) is 30.3 Å². The Morgan fingerprint density at radius 2 is 1.84 bits per heavy atom. The van der Waals surface area contributed by atoms with Crippen molar-refractivity contribution in [3.63, 3.8) is 0 Å². The van der Waals surface area contributed by atoms with Gasteiger partial charge in [-0.1, -0.05) is 30.3 Å². The Labute approximate surface area is 220 Å². The minimum absolute atomic E-state index is 0.0812. The number of hydrogen-bond acceptors (Lipinski definition) is 6. The Hall–Kier alpha value is -4.07. The van der Waals surface area contributed by atoms with Gasteiger partial charge in [0.1, 0.15) is 0 Å². The Morgan fingerprint density at radius 3 is 2.55 bits per heavy atom. The maximum atomic E-state index is 13.4. The van der Waals surface area contributed by atoms with Crippen LogP contribution in [0.15, 0.2) is 54.9 Å². The van der Waals surface area contributed by atoms with Gasteiger partial charge in [-0.2, -0.15) is 5.10 Å². The molecule has 2 fully saturated rings. The van der Waals surface area contributed by atoms with Crippen molar-refractivity contribution >= 4 is 22.7 Å². The van der Waals surface area contributed by atoms with E-state index in [4.69, 9.17) is 4.74 Å². The van der Waals surface area contributed by atoms with Crippen LogP contribution in [0.4, 0.5) is 0 Å². The van der Waals surface area contributed by atoms with E-state index in [1.165, 1.54) is 0 Å². The maximum Gasteiger partial charge on any atom is 0.306 e. The number of Topliss-reactive ketones (excluding diaryl/α,β-unsaturated/α-hetero) is 1. The van der Waals surface area contributed by atoms with Crippen LogP contribution in [0.3, 0.4) is 0 Å². The second kappa shape index (κ2) is 9.35. The van der Waals surface area contributed by atoms with Crippen LogP contribution >= 0.6 is 0 Å². The summed E-state index contributed by atoms with van der Waals surface area (Å²) in [5.74, 6) is 0.0660. The molecule has 1 N–H and O–H groups in total. The molecule has 0 radical (unpaired) electrons. The summed E-state index contributed by atoms with van der Waals surface area (Å²) in [4.78, 5) is 33.6. The van der Waals surface area contributed by atoms with E-state index in [1.54, 1.807) is 19.5 Å². The van der Waals surface area contributed by atoms with Crippen LogP contribution in [0, 0.1) is 24.2 Å². The second-order valence-electron chi connectivity index (χ2n) is 10.9. The summed E-state index contributed by atoms with van der Waals surface area (Å²) in [6, 6.07) is 13.9. The topological polar surface area (TPSA) is 107 Å². The van der Waals surface area contributed by atoms with E-state index >= 15 is 0 Å². The predicted octanol–water partition coefficient (Wildman–Crippen LogP) is 5.32. The number of ketones is 1. The van der Waals surface area contributed by atoms with Crippen molar-refractivity contribution in [1.29, 1.82) is 0 Å². The summed E-state index contributed by atoms with van der Waals surface area (Å²) in [7, 11) is 1.60. The number of carboxylic acids is 1. The molecule has 0 amide bonds. The summed E-state index contributed by atoms with van der Waals surface area (Å²) in [6.07, 6.45) is 7.34. The zero-order valence-electron chi connectivity index (χ0n) is 21.6. The summed E-state index contributed by atoms with van der Waals surface area (Å²) in [6.45, 7) is 2.46. The highest BCUT2D eigenvalue weighted by Gasteiger charge is 2.54. The van der Waals surface area contributed by atoms with Gasteiger partial charge >= 0.3 is 5.97 Å². The van der Waals surface area contributed by atoms with Crippen LogP contribution in [0.25, 0.3) is 22.2 Å². The molecule has 1 spiro atoms. The summed E-state index contributed by atoms with van der Waals surface area (Å²) >= 11 is 0. The lowest BCUT2D eigenvalue weighted by atomic mass is 9.47. The zero-order chi connectivity index (χ0) is 26.4. The van der Waals surface area contributed by atoms with Gasteiger partial charge in [0.25, 0.3) is 0 Å². The molecule has 0 saturated heterocycles. The molecule has 2 aliphatic carbocycles. The number of rotatable bonds is 8. The van der Waals surface area contributed by atoms with Crippen molar-refractivity contribution in [3.8, 4) is 17.1 Å². The Bertz CT molecular complexity index is 1530. The number of hydrogen-bond donors (Lipinski definition) is 1. The SMILES string of the molecule is COc1cccc(-c2ccc(Cn3ncc4c(C)ncc(C(=O)CC5CC6(C5)CC(C(=O)O)C6)c43)cc2)n1. The molecule has 0 bridgehead atoms. The second-order valence-corrected chi connectivity index (χ2v) is 10.9. The molecule has 2 saturated carbocycles. The number of ether oxygens (including phenoxy) is 1. The first-order chi connectivity index (χ1) is 18.3. The van der Waals surface area contributed by atoms with Crippen molar-refractivity contribution in [1.82, 2.24) is 19.7 Å². The van der Waals surface area contributed by atoms with Crippen LogP contribution in [-0.2, 0) is 11.3 Å². The molecule has 8 nitrogen and oxygen atoms in total. The van der Waals surface area contributed by atoms with Gasteiger partial charge in [-0.05, 0) is 55.6 Å². The van der Waals surface area contributed by atoms with Crippen LogP contribution < -0.4 is 4.74 Å². The van der Waals surface area contributed by atoms with Crippen LogP contribution in [-0.4, -0.2) is 43.7 Å². The number of benzene rings is 1. The fourth-order valence-corrected chi connectivity index (χ4v) is 6.37. The third kappa shape index (κ3) is 4.34. The average molecular weight is 511 g/mol. The fourth-order valence-electron chi connectivity index (χ4n) is 6.37. The largest absolute Gasteiger partial charge is 0.481 e. The molecule has 8 heteroatoms. The van der Waals surface area contributed by atoms with E-state index in [2.05, 4.69) is 27.2 Å². The van der Waals surface area contributed by atoms with Gasteiger partial charge < -0.3 is 9.84 Å². The number of aromatic nitrogens is 4. The number of carboxylic acid groups (broad SMARTS) is 1. The molecular weight excluding hydrogens is 480 g/mol. The first kappa shape index (κ1) is 24.3. The lowest BCUT2D eigenvalue weighted by Gasteiger charge is -2.56. The Morgan fingerprint density at radius 1 is 1.08 bits per heavy atom. The number of pyridine rings is 2. The van der Waals surface area contributed by atoms with E-state index in [0.717, 1.165) is 59.1 Å². The van der Waals surface area contributed by atoms with Gasteiger partial charge in [0, 0.05) is 35.3 Å². The third-order valence-corrected chi connectivity index (χ3v) is 8.31. The first-order valence-electron chi connectivity index (χ1n) is 13.0. The van der Waals surface area contributed by atoms with Gasteiger partial charge in [0.05, 0.1) is 42.5 Å². The molecule has 2 aliphatic rings. The molecule has 38 heavy (non-hydrogen) atoms. The molecule has 1 aromatic carbocycles. The lowest BCUT2D eigenvalue weighted by molar-refractivity contribution is -0.157. The quantitative estimate of drug-likeness (QED) is 0.320. The average Bonchev–Trinajstić information content (AvgIpc) is 3.29. The summed E-state index contributed by atoms with van der Waals surface area (Å²) < 4.78 is 7.13. The first-order valence-corrected chi connectivity index (χ1v) is 13.0. The number of aliphatic carboxylic acids is 1.